The number of likely N-dealkylation sites (N-methyl/N-ethyl adjacent to an activating group) is 1. The Labute approximate surface area is 180 Å². The molecule has 0 spiro atoms. The van der Waals surface area contributed by atoms with E-state index in [1.165, 1.54) is 12.0 Å². The Balaban J connectivity index is 1.59. The van der Waals surface area contributed by atoms with Crippen molar-refractivity contribution >= 4 is 11.6 Å². The molecule has 4 rings (SSSR count). The van der Waals surface area contributed by atoms with Gasteiger partial charge in [0.25, 0.3) is 0 Å². The minimum atomic E-state index is -0.520. The minimum absolute atomic E-state index is 0.270. The number of piperazine rings is 1. The molecule has 0 amide bonds. The average molecular weight is 413 g/mol. The van der Waals surface area contributed by atoms with Crippen molar-refractivity contribution in [2.24, 2.45) is 0 Å². The van der Waals surface area contributed by atoms with E-state index in [4.69, 9.17) is 11.6 Å². The molecule has 0 unspecified atom stereocenters. The highest BCUT2D eigenvalue weighted by molar-refractivity contribution is 6.33. The summed E-state index contributed by atoms with van der Waals surface area (Å²) in [6.07, 6.45) is 6.27. The lowest BCUT2D eigenvalue weighted by atomic mass is 9.78. The maximum Gasteiger partial charge on any atom is 0.0666 e. The van der Waals surface area contributed by atoms with E-state index in [0.29, 0.717) is 0 Å². The van der Waals surface area contributed by atoms with Crippen molar-refractivity contribution in [3.8, 4) is 11.1 Å². The summed E-state index contributed by atoms with van der Waals surface area (Å²) in [5.41, 5.74) is 3.01. The van der Waals surface area contributed by atoms with Gasteiger partial charge < -0.3 is 10.0 Å². The maximum atomic E-state index is 11.3. The monoisotopic (exact) mass is 412 g/mol. The highest BCUT2D eigenvalue weighted by atomic mass is 35.5. The predicted molar refractivity (Wildman–Crippen MR) is 121 cm³/mol. The molecular formula is C25H33ClN2O. The fraction of sp³-hybridized carbons (Fsp3) is 0.520. The van der Waals surface area contributed by atoms with Gasteiger partial charge >= 0.3 is 0 Å². The fourth-order valence-corrected chi connectivity index (χ4v) is 5.19. The normalized spacial score (nSPS) is 21.8. The number of hydrogen-bond donors (Lipinski definition) is 1. The summed E-state index contributed by atoms with van der Waals surface area (Å²) in [7, 11) is 2.19. The van der Waals surface area contributed by atoms with Gasteiger partial charge in [0.05, 0.1) is 5.60 Å². The van der Waals surface area contributed by atoms with Gasteiger partial charge in [0.2, 0.25) is 0 Å². The van der Waals surface area contributed by atoms with E-state index < -0.39 is 5.60 Å². The molecule has 1 atom stereocenters. The molecule has 156 valence electrons. The Morgan fingerprint density at radius 2 is 1.59 bits per heavy atom. The molecule has 1 heterocycles. The molecule has 2 aromatic carbocycles. The lowest BCUT2D eigenvalue weighted by molar-refractivity contribution is -0.0332. The third-order valence-electron chi connectivity index (χ3n) is 6.82. The number of rotatable bonds is 5. The SMILES string of the molecule is CN1CCN([C@H](CC2(O)CCCCC2)c2ccc(-c3ccccc3Cl)cc2)CC1. The van der Waals surface area contributed by atoms with Gasteiger partial charge in [-0.05, 0) is 43.5 Å². The van der Waals surface area contributed by atoms with E-state index in [0.717, 1.165) is 74.4 Å². The van der Waals surface area contributed by atoms with Gasteiger partial charge in [0, 0.05) is 42.8 Å². The van der Waals surface area contributed by atoms with Gasteiger partial charge in [0.1, 0.15) is 0 Å². The molecule has 1 aliphatic heterocycles. The van der Waals surface area contributed by atoms with Crippen LogP contribution in [0.4, 0.5) is 0 Å². The largest absolute Gasteiger partial charge is 0.390 e. The molecule has 2 fully saturated rings. The molecule has 1 saturated heterocycles. The smallest absolute Gasteiger partial charge is 0.0666 e. The van der Waals surface area contributed by atoms with Crippen molar-refractivity contribution in [2.75, 3.05) is 33.2 Å². The minimum Gasteiger partial charge on any atom is -0.390 e. The third kappa shape index (κ3) is 5.03. The van der Waals surface area contributed by atoms with Crippen LogP contribution in [0.25, 0.3) is 11.1 Å². The zero-order valence-corrected chi connectivity index (χ0v) is 18.2. The molecule has 4 heteroatoms. The molecule has 2 aliphatic rings. The van der Waals surface area contributed by atoms with Crippen LogP contribution in [0, 0.1) is 0 Å². The zero-order valence-electron chi connectivity index (χ0n) is 17.5. The summed E-state index contributed by atoms with van der Waals surface area (Å²) < 4.78 is 0. The highest BCUT2D eigenvalue weighted by Crippen LogP contribution is 2.39. The van der Waals surface area contributed by atoms with Crippen LogP contribution in [-0.2, 0) is 0 Å². The van der Waals surface area contributed by atoms with Crippen LogP contribution in [-0.4, -0.2) is 53.7 Å². The van der Waals surface area contributed by atoms with Gasteiger partial charge in [-0.25, -0.2) is 0 Å². The van der Waals surface area contributed by atoms with Gasteiger partial charge in [0.15, 0.2) is 0 Å². The lowest BCUT2D eigenvalue weighted by Gasteiger charge is -2.43. The molecule has 29 heavy (non-hydrogen) atoms. The summed E-state index contributed by atoms with van der Waals surface area (Å²) >= 11 is 6.40. The molecule has 0 bridgehead atoms. The first-order valence-corrected chi connectivity index (χ1v) is 11.4. The predicted octanol–water partition coefficient (Wildman–Crippen LogP) is 5.38. The summed E-state index contributed by atoms with van der Waals surface area (Å²) in [5.74, 6) is 0. The first-order chi connectivity index (χ1) is 14.0. The fourth-order valence-electron chi connectivity index (χ4n) is 4.95. The van der Waals surface area contributed by atoms with Gasteiger partial charge in [-0.3, -0.25) is 4.90 Å². The lowest BCUT2D eigenvalue weighted by Crippen LogP contribution is -2.48. The maximum absolute atomic E-state index is 11.3. The second-order valence-corrected chi connectivity index (χ2v) is 9.35. The Bertz CT molecular complexity index is 793. The summed E-state index contributed by atoms with van der Waals surface area (Å²) in [6, 6.07) is 17.1. The Kier molecular flexibility index (Phi) is 6.60. The van der Waals surface area contributed by atoms with E-state index in [1.807, 2.05) is 18.2 Å². The molecule has 1 aliphatic carbocycles. The molecule has 0 aromatic heterocycles. The van der Waals surface area contributed by atoms with Crippen molar-refractivity contribution in [2.45, 2.75) is 50.2 Å². The molecule has 3 nitrogen and oxygen atoms in total. The van der Waals surface area contributed by atoms with Crippen molar-refractivity contribution in [1.82, 2.24) is 9.80 Å². The third-order valence-corrected chi connectivity index (χ3v) is 7.15. The summed E-state index contributed by atoms with van der Waals surface area (Å²) in [6.45, 7) is 4.30. The topological polar surface area (TPSA) is 26.7 Å². The molecule has 0 radical (unpaired) electrons. The van der Waals surface area contributed by atoms with Crippen LogP contribution in [0.3, 0.4) is 0 Å². The second-order valence-electron chi connectivity index (χ2n) is 8.95. The molecule has 1 saturated carbocycles. The van der Waals surface area contributed by atoms with Crippen LogP contribution in [0.1, 0.15) is 50.1 Å². The van der Waals surface area contributed by atoms with Crippen molar-refractivity contribution in [1.29, 1.82) is 0 Å². The van der Waals surface area contributed by atoms with Gasteiger partial charge in [-0.15, -0.1) is 0 Å². The Morgan fingerprint density at radius 3 is 2.24 bits per heavy atom. The number of hydrogen-bond acceptors (Lipinski definition) is 3. The zero-order chi connectivity index (χ0) is 20.3. The van der Waals surface area contributed by atoms with Crippen molar-refractivity contribution < 1.29 is 5.11 Å². The number of benzene rings is 2. The standard InChI is InChI=1S/C25H33ClN2O/c1-27-15-17-28(18-16-27)24(19-25(29)13-5-2-6-14-25)21-11-9-20(10-12-21)22-7-3-4-8-23(22)26/h3-4,7-12,24,29H,2,5-6,13-19H2,1H3/t24-/m1/s1. The first-order valence-electron chi connectivity index (χ1n) is 11.0. The van der Waals surface area contributed by atoms with E-state index in [1.54, 1.807) is 0 Å². The van der Waals surface area contributed by atoms with Gasteiger partial charge in [-0.1, -0.05) is 73.3 Å². The molecule has 1 N–H and O–H groups in total. The second kappa shape index (κ2) is 9.18. The van der Waals surface area contributed by atoms with E-state index in [-0.39, 0.29) is 6.04 Å². The molecular weight excluding hydrogens is 380 g/mol. The number of nitrogens with zero attached hydrogens (tertiary/aromatic N) is 2. The molecule has 2 aromatic rings. The van der Waals surface area contributed by atoms with Crippen molar-refractivity contribution in [3.63, 3.8) is 0 Å². The van der Waals surface area contributed by atoms with E-state index in [2.05, 4.69) is 47.2 Å². The summed E-state index contributed by atoms with van der Waals surface area (Å²) in [4.78, 5) is 4.97. The van der Waals surface area contributed by atoms with E-state index >= 15 is 0 Å². The highest BCUT2D eigenvalue weighted by Gasteiger charge is 2.35. The van der Waals surface area contributed by atoms with Crippen LogP contribution < -0.4 is 0 Å². The van der Waals surface area contributed by atoms with Crippen molar-refractivity contribution in [3.05, 3.63) is 59.1 Å². The van der Waals surface area contributed by atoms with Crippen LogP contribution in [0.15, 0.2) is 48.5 Å². The quantitative estimate of drug-likeness (QED) is 0.714. The Morgan fingerprint density at radius 1 is 0.931 bits per heavy atom. The van der Waals surface area contributed by atoms with E-state index in [9.17, 15) is 5.11 Å². The number of halogens is 1. The first kappa shape index (κ1) is 20.9. The van der Waals surface area contributed by atoms with Crippen LogP contribution >= 0.6 is 11.6 Å². The average Bonchev–Trinajstić information content (AvgIpc) is 2.74. The summed E-state index contributed by atoms with van der Waals surface area (Å²) in [5, 5.41) is 12.1. The Hall–Kier alpha value is -1.39. The number of aliphatic hydroxyl groups is 1. The van der Waals surface area contributed by atoms with Crippen LogP contribution in [0.2, 0.25) is 5.02 Å². The van der Waals surface area contributed by atoms with Crippen LogP contribution in [0.5, 0.6) is 0 Å². The van der Waals surface area contributed by atoms with Gasteiger partial charge in [-0.2, -0.15) is 0 Å².